The average molecular weight is 284 g/mol. The standard InChI is InChI=1S/C19H28N2/c1-7-11-20-18-15(8-2)13(3)21-17-10-9-14(12-16(17)18)19(4,5)6/h9-10,12H,7-8,11H2,1-6H3,(H,20,21). The van der Waals surface area contributed by atoms with Crippen LogP contribution in [0.15, 0.2) is 18.2 Å². The van der Waals surface area contributed by atoms with Crippen LogP contribution in [0.25, 0.3) is 10.9 Å². The van der Waals surface area contributed by atoms with Crippen molar-refractivity contribution in [1.29, 1.82) is 0 Å². The molecule has 0 aliphatic rings. The van der Waals surface area contributed by atoms with Gasteiger partial charge in [0, 0.05) is 23.3 Å². The molecule has 2 rings (SSSR count). The van der Waals surface area contributed by atoms with E-state index in [4.69, 9.17) is 4.98 Å². The van der Waals surface area contributed by atoms with Crippen molar-refractivity contribution in [2.24, 2.45) is 0 Å². The van der Waals surface area contributed by atoms with E-state index in [-0.39, 0.29) is 5.41 Å². The minimum absolute atomic E-state index is 0.160. The molecule has 0 spiro atoms. The van der Waals surface area contributed by atoms with Crippen LogP contribution < -0.4 is 5.32 Å². The Morgan fingerprint density at radius 2 is 1.86 bits per heavy atom. The lowest BCUT2D eigenvalue weighted by molar-refractivity contribution is 0.591. The van der Waals surface area contributed by atoms with Crippen molar-refractivity contribution < 1.29 is 0 Å². The van der Waals surface area contributed by atoms with E-state index in [2.05, 4.69) is 65.1 Å². The molecule has 1 N–H and O–H groups in total. The molecule has 1 aromatic carbocycles. The Hall–Kier alpha value is -1.57. The van der Waals surface area contributed by atoms with Gasteiger partial charge >= 0.3 is 0 Å². The van der Waals surface area contributed by atoms with Crippen LogP contribution in [0.2, 0.25) is 0 Å². The third kappa shape index (κ3) is 3.20. The molecule has 0 amide bonds. The summed E-state index contributed by atoms with van der Waals surface area (Å²) in [5.41, 5.74) is 6.40. The van der Waals surface area contributed by atoms with Crippen LogP contribution in [0.3, 0.4) is 0 Å². The molecule has 2 heteroatoms. The molecule has 114 valence electrons. The summed E-state index contributed by atoms with van der Waals surface area (Å²) >= 11 is 0. The van der Waals surface area contributed by atoms with Gasteiger partial charge in [0.1, 0.15) is 0 Å². The second-order valence-electron chi connectivity index (χ2n) is 6.81. The van der Waals surface area contributed by atoms with Crippen LogP contribution in [-0.2, 0) is 11.8 Å². The number of fused-ring (bicyclic) bond motifs is 1. The Balaban J connectivity index is 2.71. The predicted molar refractivity (Wildman–Crippen MR) is 93.3 cm³/mol. The lowest BCUT2D eigenvalue weighted by Gasteiger charge is -2.21. The maximum absolute atomic E-state index is 4.80. The first-order chi connectivity index (χ1) is 9.88. The number of pyridine rings is 1. The minimum Gasteiger partial charge on any atom is -0.384 e. The monoisotopic (exact) mass is 284 g/mol. The van der Waals surface area contributed by atoms with Gasteiger partial charge in [-0.05, 0) is 48.4 Å². The molecule has 0 bridgehead atoms. The third-order valence-corrected chi connectivity index (χ3v) is 4.06. The molecule has 1 aromatic heterocycles. The molecule has 0 fully saturated rings. The number of rotatable bonds is 4. The van der Waals surface area contributed by atoms with E-state index >= 15 is 0 Å². The fourth-order valence-electron chi connectivity index (χ4n) is 2.78. The summed E-state index contributed by atoms with van der Waals surface area (Å²) in [6.07, 6.45) is 2.14. The van der Waals surface area contributed by atoms with E-state index in [1.54, 1.807) is 0 Å². The third-order valence-electron chi connectivity index (χ3n) is 4.06. The van der Waals surface area contributed by atoms with Gasteiger partial charge in [-0.1, -0.05) is 40.7 Å². The summed E-state index contributed by atoms with van der Waals surface area (Å²) in [5, 5.41) is 4.90. The molecule has 2 nitrogen and oxygen atoms in total. The quantitative estimate of drug-likeness (QED) is 0.832. The highest BCUT2D eigenvalue weighted by Crippen LogP contribution is 2.32. The summed E-state index contributed by atoms with van der Waals surface area (Å²) in [6.45, 7) is 14.3. The largest absolute Gasteiger partial charge is 0.384 e. The van der Waals surface area contributed by atoms with E-state index in [9.17, 15) is 0 Å². The first kappa shape index (κ1) is 15.8. The highest BCUT2D eigenvalue weighted by atomic mass is 14.9. The number of nitrogens with zero attached hydrogens (tertiary/aromatic N) is 1. The molecule has 0 saturated carbocycles. The Morgan fingerprint density at radius 1 is 1.14 bits per heavy atom. The van der Waals surface area contributed by atoms with Gasteiger partial charge in [0.05, 0.1) is 5.52 Å². The van der Waals surface area contributed by atoms with E-state index in [1.807, 2.05) is 0 Å². The van der Waals surface area contributed by atoms with Crippen molar-refractivity contribution in [2.45, 2.75) is 59.8 Å². The smallest absolute Gasteiger partial charge is 0.0726 e. The van der Waals surface area contributed by atoms with Crippen LogP contribution in [0, 0.1) is 6.92 Å². The Kier molecular flexibility index (Phi) is 4.55. The van der Waals surface area contributed by atoms with E-state index in [0.29, 0.717) is 0 Å². The van der Waals surface area contributed by atoms with Gasteiger partial charge in [-0.15, -0.1) is 0 Å². The van der Waals surface area contributed by atoms with E-state index < -0.39 is 0 Å². The lowest BCUT2D eigenvalue weighted by Crippen LogP contribution is -2.12. The fourth-order valence-corrected chi connectivity index (χ4v) is 2.78. The van der Waals surface area contributed by atoms with Crippen LogP contribution >= 0.6 is 0 Å². The van der Waals surface area contributed by atoms with Crippen LogP contribution in [-0.4, -0.2) is 11.5 Å². The Bertz CT molecular complexity index is 636. The number of anilines is 1. The second kappa shape index (κ2) is 6.05. The highest BCUT2D eigenvalue weighted by Gasteiger charge is 2.17. The number of benzene rings is 1. The summed E-state index contributed by atoms with van der Waals surface area (Å²) < 4.78 is 0. The van der Waals surface area contributed by atoms with Gasteiger partial charge < -0.3 is 5.32 Å². The molecule has 1 heterocycles. The molecular formula is C19H28N2. The molecule has 0 aliphatic heterocycles. The number of hydrogen-bond donors (Lipinski definition) is 1. The molecule has 0 aliphatic carbocycles. The summed E-state index contributed by atoms with van der Waals surface area (Å²) in [4.78, 5) is 4.80. The fraction of sp³-hybridized carbons (Fsp3) is 0.526. The number of aromatic nitrogens is 1. The molecular weight excluding hydrogens is 256 g/mol. The first-order valence-corrected chi connectivity index (χ1v) is 8.06. The van der Waals surface area contributed by atoms with Crippen molar-refractivity contribution in [3.05, 3.63) is 35.0 Å². The van der Waals surface area contributed by atoms with Crippen molar-refractivity contribution in [2.75, 3.05) is 11.9 Å². The van der Waals surface area contributed by atoms with Crippen LogP contribution in [0.1, 0.15) is 57.9 Å². The number of nitrogens with one attached hydrogen (secondary N) is 1. The normalized spacial score (nSPS) is 11.9. The van der Waals surface area contributed by atoms with Gasteiger partial charge in [0.25, 0.3) is 0 Å². The zero-order valence-corrected chi connectivity index (χ0v) is 14.3. The second-order valence-corrected chi connectivity index (χ2v) is 6.81. The highest BCUT2D eigenvalue weighted by molar-refractivity contribution is 5.94. The molecule has 0 saturated heterocycles. The van der Waals surface area contributed by atoms with Gasteiger partial charge in [-0.2, -0.15) is 0 Å². The predicted octanol–water partition coefficient (Wildman–Crippen LogP) is 5.23. The Morgan fingerprint density at radius 3 is 2.43 bits per heavy atom. The maximum Gasteiger partial charge on any atom is 0.0726 e. The number of aryl methyl sites for hydroxylation is 1. The average Bonchev–Trinajstić information content (AvgIpc) is 2.42. The molecule has 2 aromatic rings. The zero-order chi connectivity index (χ0) is 15.6. The van der Waals surface area contributed by atoms with Crippen LogP contribution in [0.5, 0.6) is 0 Å². The van der Waals surface area contributed by atoms with Crippen molar-refractivity contribution in [3.63, 3.8) is 0 Å². The SMILES string of the molecule is CCCNc1c(CC)c(C)nc2ccc(C(C)(C)C)cc12. The first-order valence-electron chi connectivity index (χ1n) is 8.06. The molecule has 21 heavy (non-hydrogen) atoms. The van der Waals surface area contributed by atoms with Gasteiger partial charge in [-0.3, -0.25) is 4.98 Å². The van der Waals surface area contributed by atoms with Gasteiger partial charge in [0.2, 0.25) is 0 Å². The maximum atomic E-state index is 4.80. The molecule has 0 atom stereocenters. The summed E-state index contributed by atoms with van der Waals surface area (Å²) in [5.74, 6) is 0. The van der Waals surface area contributed by atoms with Crippen molar-refractivity contribution in [1.82, 2.24) is 4.98 Å². The van der Waals surface area contributed by atoms with E-state index in [1.165, 1.54) is 22.2 Å². The Labute approximate surface area is 129 Å². The lowest BCUT2D eigenvalue weighted by atomic mass is 9.86. The van der Waals surface area contributed by atoms with Crippen molar-refractivity contribution in [3.8, 4) is 0 Å². The molecule has 0 unspecified atom stereocenters. The zero-order valence-electron chi connectivity index (χ0n) is 14.3. The minimum atomic E-state index is 0.160. The summed E-state index contributed by atoms with van der Waals surface area (Å²) in [6, 6.07) is 6.70. The van der Waals surface area contributed by atoms with Gasteiger partial charge in [-0.25, -0.2) is 0 Å². The van der Waals surface area contributed by atoms with Gasteiger partial charge in [0.15, 0.2) is 0 Å². The topological polar surface area (TPSA) is 24.9 Å². The molecule has 0 radical (unpaired) electrons. The summed E-state index contributed by atoms with van der Waals surface area (Å²) in [7, 11) is 0. The van der Waals surface area contributed by atoms with Crippen molar-refractivity contribution >= 4 is 16.6 Å². The van der Waals surface area contributed by atoms with Crippen LogP contribution in [0.4, 0.5) is 5.69 Å². The van der Waals surface area contributed by atoms with E-state index in [0.717, 1.165) is 30.6 Å². The number of hydrogen-bond acceptors (Lipinski definition) is 2.